The van der Waals surface area contributed by atoms with Gasteiger partial charge in [-0.3, -0.25) is 9.59 Å². The highest BCUT2D eigenvalue weighted by Gasteiger charge is 2.40. The van der Waals surface area contributed by atoms with E-state index in [9.17, 15) is 27.2 Å². The smallest absolute Gasteiger partial charge is 0.367 e. The molecule has 1 aliphatic rings. The number of piperazine rings is 1. The minimum absolute atomic E-state index is 0.0613. The topological polar surface area (TPSA) is 90.5 Å². The molecule has 0 atom stereocenters. The number of halogens is 4. The molecule has 2 aromatic rings. The largest absolute Gasteiger partial charge is 0.471 e. The van der Waals surface area contributed by atoms with Crippen LogP contribution in [0.4, 0.5) is 34.8 Å². The van der Waals surface area contributed by atoms with Crippen molar-refractivity contribution in [3.63, 3.8) is 0 Å². The first-order valence-corrected chi connectivity index (χ1v) is 9.81. The van der Waals surface area contributed by atoms with E-state index in [2.05, 4.69) is 27.1 Å². The van der Waals surface area contributed by atoms with E-state index >= 15 is 0 Å². The van der Waals surface area contributed by atoms with Crippen molar-refractivity contribution in [1.82, 2.24) is 14.9 Å². The fraction of sp³-hybridized carbons (Fsp3) is 0.333. The molecule has 2 N–H and O–H groups in total. The van der Waals surface area contributed by atoms with Crippen LogP contribution >= 0.6 is 0 Å². The monoisotopic (exact) mass is 464 g/mol. The molecule has 0 aliphatic carbocycles. The SMILES string of the molecule is CC(=O)Nc1cc(C#Cc2nc(F)cc(N3CCN(C)CC3)c2NC(=O)C(F)(F)F)ccn1. The van der Waals surface area contributed by atoms with E-state index < -0.39 is 18.0 Å². The first-order valence-electron chi connectivity index (χ1n) is 9.81. The predicted molar refractivity (Wildman–Crippen MR) is 113 cm³/mol. The molecule has 0 unspecified atom stereocenters. The van der Waals surface area contributed by atoms with E-state index in [1.54, 1.807) is 4.90 Å². The Kier molecular flexibility index (Phi) is 7.13. The Bertz CT molecular complexity index is 1120. The van der Waals surface area contributed by atoms with Crippen LogP contribution in [0.5, 0.6) is 0 Å². The summed E-state index contributed by atoms with van der Waals surface area (Å²) in [5, 5.41) is 4.28. The zero-order valence-corrected chi connectivity index (χ0v) is 17.8. The number of nitrogens with one attached hydrogen (secondary N) is 2. The highest BCUT2D eigenvalue weighted by atomic mass is 19.4. The molecule has 3 heterocycles. The van der Waals surface area contributed by atoms with E-state index in [1.165, 1.54) is 25.3 Å². The summed E-state index contributed by atoms with van der Waals surface area (Å²) in [5.74, 6) is 1.89. The van der Waals surface area contributed by atoms with Gasteiger partial charge >= 0.3 is 12.1 Å². The number of alkyl halides is 3. The average molecular weight is 464 g/mol. The number of pyridine rings is 2. The third kappa shape index (κ3) is 6.39. The molecule has 1 fully saturated rings. The van der Waals surface area contributed by atoms with Gasteiger partial charge in [-0.15, -0.1) is 0 Å². The van der Waals surface area contributed by atoms with Crippen LogP contribution < -0.4 is 15.5 Å². The van der Waals surface area contributed by atoms with E-state index in [0.717, 1.165) is 6.07 Å². The number of anilines is 3. The molecular formula is C21H20F4N6O2. The molecule has 174 valence electrons. The number of rotatable bonds is 3. The summed E-state index contributed by atoms with van der Waals surface area (Å²) in [7, 11) is 1.89. The molecule has 33 heavy (non-hydrogen) atoms. The Balaban J connectivity index is 2.04. The Morgan fingerprint density at radius 1 is 1.09 bits per heavy atom. The van der Waals surface area contributed by atoms with Gasteiger partial charge in [0.1, 0.15) is 11.5 Å². The van der Waals surface area contributed by atoms with E-state index in [4.69, 9.17) is 0 Å². The van der Waals surface area contributed by atoms with Crippen LogP contribution in [0.1, 0.15) is 18.2 Å². The van der Waals surface area contributed by atoms with Crippen molar-refractivity contribution in [2.24, 2.45) is 0 Å². The molecule has 0 saturated carbocycles. The summed E-state index contributed by atoms with van der Waals surface area (Å²) < 4.78 is 53.2. The zero-order chi connectivity index (χ0) is 24.2. The number of nitrogens with zero attached hydrogens (tertiary/aromatic N) is 4. The maximum atomic E-state index is 14.3. The van der Waals surface area contributed by atoms with Crippen molar-refractivity contribution in [3.8, 4) is 11.8 Å². The maximum absolute atomic E-state index is 14.3. The van der Waals surface area contributed by atoms with Gasteiger partial charge in [-0.1, -0.05) is 5.92 Å². The van der Waals surface area contributed by atoms with Gasteiger partial charge in [0.15, 0.2) is 0 Å². The number of hydrogen-bond donors (Lipinski definition) is 2. The molecule has 12 heteroatoms. The van der Waals surface area contributed by atoms with Crippen LogP contribution in [0.25, 0.3) is 0 Å². The fourth-order valence-corrected chi connectivity index (χ4v) is 3.08. The minimum atomic E-state index is -5.16. The summed E-state index contributed by atoms with van der Waals surface area (Å²) in [6.45, 7) is 3.31. The average Bonchev–Trinajstić information content (AvgIpc) is 2.73. The van der Waals surface area contributed by atoms with Crippen LogP contribution in [0.2, 0.25) is 0 Å². The quantitative estimate of drug-likeness (QED) is 0.412. The normalized spacial score (nSPS) is 14.3. The molecule has 2 aromatic heterocycles. The van der Waals surface area contributed by atoms with E-state index in [0.29, 0.717) is 31.7 Å². The van der Waals surface area contributed by atoms with Crippen LogP contribution in [-0.2, 0) is 9.59 Å². The van der Waals surface area contributed by atoms with E-state index in [-0.39, 0.29) is 28.8 Å². The van der Waals surface area contributed by atoms with Crippen LogP contribution in [0.15, 0.2) is 24.4 Å². The molecule has 2 amide bonds. The summed E-state index contributed by atoms with van der Waals surface area (Å²) in [6.07, 6.45) is -3.78. The van der Waals surface area contributed by atoms with Gasteiger partial charge < -0.3 is 20.4 Å². The third-order valence-electron chi connectivity index (χ3n) is 4.70. The molecule has 0 radical (unpaired) electrons. The van der Waals surface area contributed by atoms with Crippen molar-refractivity contribution < 1.29 is 27.2 Å². The van der Waals surface area contributed by atoms with Crippen molar-refractivity contribution in [1.29, 1.82) is 0 Å². The summed E-state index contributed by atoms with van der Waals surface area (Å²) >= 11 is 0. The molecule has 0 spiro atoms. The van der Waals surface area contributed by atoms with Crippen molar-refractivity contribution in [2.45, 2.75) is 13.1 Å². The van der Waals surface area contributed by atoms with Gasteiger partial charge in [0.2, 0.25) is 11.9 Å². The molecular weight excluding hydrogens is 444 g/mol. The first-order chi connectivity index (χ1) is 15.5. The first kappa shape index (κ1) is 23.9. The number of carbonyl (C=O) groups excluding carboxylic acids is 2. The standard InChI is InChI=1S/C21H20F4N6O2/c1-13(32)27-18-11-14(5-6-26-18)3-4-15-19(29-20(33)21(23,24)25)16(12-17(22)28-15)31-9-7-30(2)8-10-31/h5-6,11-12H,7-10H2,1-2H3,(H,29,33)(H,26,27,32). The van der Waals surface area contributed by atoms with Gasteiger partial charge in [0.05, 0.1) is 11.4 Å². The lowest BCUT2D eigenvalue weighted by Crippen LogP contribution is -2.45. The van der Waals surface area contributed by atoms with Gasteiger partial charge in [0.25, 0.3) is 0 Å². The van der Waals surface area contributed by atoms with Gasteiger partial charge in [-0.25, -0.2) is 9.97 Å². The Morgan fingerprint density at radius 2 is 1.79 bits per heavy atom. The molecule has 1 saturated heterocycles. The van der Waals surface area contributed by atoms with Crippen molar-refractivity contribution in [3.05, 3.63) is 41.6 Å². The van der Waals surface area contributed by atoms with Crippen LogP contribution in [0.3, 0.4) is 0 Å². The molecule has 8 nitrogen and oxygen atoms in total. The van der Waals surface area contributed by atoms with Crippen molar-refractivity contribution in [2.75, 3.05) is 48.8 Å². The zero-order valence-electron chi connectivity index (χ0n) is 17.8. The van der Waals surface area contributed by atoms with Gasteiger partial charge in [-0.05, 0) is 25.1 Å². The predicted octanol–water partition coefficient (Wildman–Crippen LogP) is 2.23. The number of amides is 2. The molecule has 1 aliphatic heterocycles. The Hall–Kier alpha value is -3.72. The maximum Gasteiger partial charge on any atom is 0.471 e. The minimum Gasteiger partial charge on any atom is -0.367 e. The number of carbonyl (C=O) groups is 2. The number of likely N-dealkylation sites (N-methyl/N-ethyl adjacent to an activating group) is 1. The van der Waals surface area contributed by atoms with Crippen LogP contribution in [0, 0.1) is 17.8 Å². The van der Waals surface area contributed by atoms with E-state index in [1.807, 2.05) is 17.3 Å². The van der Waals surface area contributed by atoms with Gasteiger partial charge in [-0.2, -0.15) is 17.6 Å². The van der Waals surface area contributed by atoms with Crippen molar-refractivity contribution >= 4 is 29.0 Å². The lowest BCUT2D eigenvalue weighted by atomic mass is 10.1. The second-order valence-electron chi connectivity index (χ2n) is 7.29. The van der Waals surface area contributed by atoms with Crippen LogP contribution in [-0.4, -0.2) is 66.1 Å². The highest BCUT2D eigenvalue weighted by molar-refractivity contribution is 5.99. The lowest BCUT2D eigenvalue weighted by Gasteiger charge is -2.35. The summed E-state index contributed by atoms with van der Waals surface area (Å²) in [4.78, 5) is 34.1. The summed E-state index contributed by atoms with van der Waals surface area (Å²) in [5.41, 5.74) is -0.286. The second-order valence-corrected chi connectivity index (χ2v) is 7.29. The Morgan fingerprint density at radius 3 is 2.42 bits per heavy atom. The number of hydrogen-bond acceptors (Lipinski definition) is 6. The Labute approximate surface area is 187 Å². The highest BCUT2D eigenvalue weighted by Crippen LogP contribution is 2.31. The molecule has 0 bridgehead atoms. The fourth-order valence-electron chi connectivity index (χ4n) is 3.08. The number of aromatic nitrogens is 2. The lowest BCUT2D eigenvalue weighted by molar-refractivity contribution is -0.167. The molecule has 3 rings (SSSR count). The molecule has 0 aromatic carbocycles. The third-order valence-corrected chi connectivity index (χ3v) is 4.70. The second kappa shape index (κ2) is 9.83. The summed E-state index contributed by atoms with van der Waals surface area (Å²) in [6, 6.07) is 3.90. The van der Waals surface area contributed by atoms with Gasteiger partial charge in [0, 0.05) is 50.9 Å².